The number of nitriles is 1. The first kappa shape index (κ1) is 23.3. The summed E-state index contributed by atoms with van der Waals surface area (Å²) < 4.78 is 11.7. The summed E-state index contributed by atoms with van der Waals surface area (Å²) in [5, 5.41) is 11.5. The van der Waals surface area contributed by atoms with E-state index in [0.29, 0.717) is 49.3 Å². The molecule has 0 spiro atoms. The topological polar surface area (TPSA) is 42.2 Å². The maximum Gasteiger partial charge on any atom is 0.161 e. The molecule has 3 aromatic carbocycles. The average molecular weight is 493 g/mol. The molecule has 158 valence electrons. The van der Waals surface area contributed by atoms with E-state index >= 15 is 0 Å². The second-order valence-electron chi connectivity index (χ2n) is 6.46. The Labute approximate surface area is 201 Å². The fraction of sp³-hybridized carbons (Fsp3) is 0.125. The Balaban J connectivity index is 1.87. The molecule has 0 atom stereocenters. The van der Waals surface area contributed by atoms with Gasteiger partial charge < -0.3 is 9.47 Å². The molecular formula is C24H17Cl4NO2. The molecule has 0 fully saturated rings. The summed E-state index contributed by atoms with van der Waals surface area (Å²) in [4.78, 5) is 0. The number of rotatable bonds is 7. The molecule has 0 saturated heterocycles. The molecule has 3 rings (SSSR count). The van der Waals surface area contributed by atoms with Crippen molar-refractivity contribution in [1.29, 1.82) is 5.26 Å². The molecule has 0 bridgehead atoms. The zero-order valence-electron chi connectivity index (χ0n) is 16.5. The van der Waals surface area contributed by atoms with Gasteiger partial charge in [-0.3, -0.25) is 0 Å². The number of hydrogen-bond acceptors (Lipinski definition) is 3. The molecule has 7 heteroatoms. The first-order chi connectivity index (χ1) is 14.9. The quantitative estimate of drug-likeness (QED) is 0.246. The van der Waals surface area contributed by atoms with Gasteiger partial charge in [0.25, 0.3) is 0 Å². The number of ether oxygens (including phenoxy) is 2. The van der Waals surface area contributed by atoms with Crippen molar-refractivity contribution in [2.75, 3.05) is 6.61 Å². The third-order valence-corrected chi connectivity index (χ3v) is 5.65. The van der Waals surface area contributed by atoms with Gasteiger partial charge in [-0.15, -0.1) is 0 Å². The monoisotopic (exact) mass is 491 g/mol. The second-order valence-corrected chi connectivity index (χ2v) is 8.12. The molecule has 3 nitrogen and oxygen atoms in total. The number of benzene rings is 3. The van der Waals surface area contributed by atoms with Crippen LogP contribution in [0.3, 0.4) is 0 Å². The van der Waals surface area contributed by atoms with Gasteiger partial charge in [-0.25, -0.2) is 0 Å². The summed E-state index contributed by atoms with van der Waals surface area (Å²) in [6, 6.07) is 18.0. The predicted molar refractivity (Wildman–Crippen MR) is 128 cm³/mol. The zero-order chi connectivity index (χ0) is 22.4. The van der Waals surface area contributed by atoms with Crippen LogP contribution in [0, 0.1) is 11.3 Å². The van der Waals surface area contributed by atoms with Crippen LogP contribution in [0.25, 0.3) is 11.6 Å². The van der Waals surface area contributed by atoms with E-state index in [4.69, 9.17) is 55.9 Å². The Morgan fingerprint density at radius 2 is 1.68 bits per heavy atom. The normalized spacial score (nSPS) is 11.2. The van der Waals surface area contributed by atoms with E-state index in [1.54, 1.807) is 42.5 Å². The molecule has 0 heterocycles. The summed E-state index contributed by atoms with van der Waals surface area (Å²) in [6.45, 7) is 2.61. The highest BCUT2D eigenvalue weighted by Crippen LogP contribution is 2.32. The lowest BCUT2D eigenvalue weighted by molar-refractivity contribution is 0.269. The second kappa shape index (κ2) is 10.8. The lowest BCUT2D eigenvalue weighted by Gasteiger charge is -2.13. The summed E-state index contributed by atoms with van der Waals surface area (Å²) in [5.41, 5.74) is 2.71. The van der Waals surface area contributed by atoms with Gasteiger partial charge in [0.2, 0.25) is 0 Å². The van der Waals surface area contributed by atoms with Crippen LogP contribution in [0.2, 0.25) is 20.1 Å². The van der Waals surface area contributed by atoms with Crippen LogP contribution in [-0.2, 0) is 6.61 Å². The maximum absolute atomic E-state index is 9.61. The minimum Gasteiger partial charge on any atom is -0.490 e. The molecule has 0 amide bonds. The minimum atomic E-state index is 0.262. The van der Waals surface area contributed by atoms with Gasteiger partial charge in [0.15, 0.2) is 11.5 Å². The molecule has 0 N–H and O–H groups in total. The van der Waals surface area contributed by atoms with Gasteiger partial charge in [-0.2, -0.15) is 5.26 Å². The highest BCUT2D eigenvalue weighted by atomic mass is 35.5. The van der Waals surface area contributed by atoms with Crippen LogP contribution in [0.5, 0.6) is 11.5 Å². The highest BCUT2D eigenvalue weighted by Gasteiger charge is 2.10. The lowest BCUT2D eigenvalue weighted by Crippen LogP contribution is -2.00. The fourth-order valence-electron chi connectivity index (χ4n) is 2.81. The van der Waals surface area contributed by atoms with Gasteiger partial charge in [0.1, 0.15) is 6.61 Å². The van der Waals surface area contributed by atoms with E-state index in [2.05, 4.69) is 6.07 Å². The van der Waals surface area contributed by atoms with E-state index in [1.165, 1.54) is 0 Å². The number of allylic oxidation sites excluding steroid dienone is 1. The molecule has 31 heavy (non-hydrogen) atoms. The SMILES string of the molecule is CCOc1cc(/C=C(/C#N)c2ccc(Cl)c(Cl)c2)ccc1OCc1ccc(Cl)cc1Cl. The van der Waals surface area contributed by atoms with Crippen molar-refractivity contribution in [3.05, 3.63) is 91.4 Å². The fourth-order valence-corrected chi connectivity index (χ4v) is 3.57. The first-order valence-corrected chi connectivity index (χ1v) is 10.8. The summed E-state index contributed by atoms with van der Waals surface area (Å²) in [6.07, 6.45) is 1.75. The predicted octanol–water partition coefficient (Wildman–Crippen LogP) is 8.34. The Bertz CT molecular complexity index is 1170. The van der Waals surface area contributed by atoms with Gasteiger partial charge >= 0.3 is 0 Å². The van der Waals surface area contributed by atoms with Crippen LogP contribution in [0.4, 0.5) is 0 Å². The molecule has 0 aliphatic heterocycles. The average Bonchev–Trinajstić information content (AvgIpc) is 2.74. The van der Waals surface area contributed by atoms with Crippen LogP contribution in [-0.4, -0.2) is 6.61 Å². The third-order valence-electron chi connectivity index (χ3n) is 4.33. The smallest absolute Gasteiger partial charge is 0.161 e. The van der Waals surface area contributed by atoms with Crippen molar-refractivity contribution in [3.8, 4) is 17.6 Å². The lowest BCUT2D eigenvalue weighted by atomic mass is 10.0. The Morgan fingerprint density at radius 3 is 2.35 bits per heavy atom. The molecular weight excluding hydrogens is 476 g/mol. The Hall–Kier alpha value is -2.35. The van der Waals surface area contributed by atoms with E-state index in [0.717, 1.165) is 11.1 Å². The van der Waals surface area contributed by atoms with Crippen molar-refractivity contribution in [3.63, 3.8) is 0 Å². The van der Waals surface area contributed by atoms with Crippen LogP contribution in [0.15, 0.2) is 54.6 Å². The van der Waals surface area contributed by atoms with Crippen molar-refractivity contribution in [1.82, 2.24) is 0 Å². The minimum absolute atomic E-state index is 0.262. The largest absolute Gasteiger partial charge is 0.490 e. The van der Waals surface area contributed by atoms with E-state index in [9.17, 15) is 5.26 Å². The molecule has 0 aromatic heterocycles. The first-order valence-electron chi connectivity index (χ1n) is 9.32. The maximum atomic E-state index is 9.61. The Morgan fingerprint density at radius 1 is 0.871 bits per heavy atom. The molecule has 0 aliphatic carbocycles. The molecule has 0 saturated carbocycles. The van der Waals surface area contributed by atoms with Crippen molar-refractivity contribution >= 4 is 58.1 Å². The van der Waals surface area contributed by atoms with Crippen LogP contribution >= 0.6 is 46.4 Å². The standard InChI is InChI=1S/C24H17Cl4NO2/c1-2-30-24-10-15(9-18(13-29)16-5-7-20(26)22(28)11-16)3-8-23(24)31-14-17-4-6-19(25)12-21(17)27/h3-12H,2,14H2,1H3/b18-9-. The summed E-state index contributed by atoms with van der Waals surface area (Å²) >= 11 is 24.2. The van der Waals surface area contributed by atoms with Crippen molar-refractivity contribution < 1.29 is 9.47 Å². The molecule has 0 aliphatic rings. The van der Waals surface area contributed by atoms with Crippen LogP contribution in [0.1, 0.15) is 23.6 Å². The number of nitrogens with zero attached hydrogens (tertiary/aromatic N) is 1. The van der Waals surface area contributed by atoms with E-state index in [1.807, 2.05) is 25.1 Å². The third kappa shape index (κ3) is 6.09. The highest BCUT2D eigenvalue weighted by molar-refractivity contribution is 6.42. The van der Waals surface area contributed by atoms with Gasteiger partial charge in [-0.05, 0) is 60.5 Å². The Kier molecular flexibility index (Phi) is 8.12. The van der Waals surface area contributed by atoms with Gasteiger partial charge in [0, 0.05) is 15.6 Å². The van der Waals surface area contributed by atoms with Crippen molar-refractivity contribution in [2.45, 2.75) is 13.5 Å². The molecule has 3 aromatic rings. The van der Waals surface area contributed by atoms with E-state index < -0.39 is 0 Å². The van der Waals surface area contributed by atoms with Crippen molar-refractivity contribution in [2.24, 2.45) is 0 Å². The summed E-state index contributed by atoms with van der Waals surface area (Å²) in [7, 11) is 0. The number of halogens is 4. The zero-order valence-corrected chi connectivity index (χ0v) is 19.5. The van der Waals surface area contributed by atoms with Gasteiger partial charge in [-0.1, -0.05) is 64.6 Å². The van der Waals surface area contributed by atoms with E-state index in [-0.39, 0.29) is 6.61 Å². The molecule has 0 radical (unpaired) electrons. The number of hydrogen-bond donors (Lipinski definition) is 0. The van der Waals surface area contributed by atoms with Crippen LogP contribution < -0.4 is 9.47 Å². The molecule has 0 unspecified atom stereocenters. The van der Waals surface area contributed by atoms with Gasteiger partial charge in [0.05, 0.1) is 28.3 Å². The summed E-state index contributed by atoms with van der Waals surface area (Å²) in [5.74, 6) is 1.13.